The van der Waals surface area contributed by atoms with E-state index in [1.807, 2.05) is 0 Å². The van der Waals surface area contributed by atoms with Crippen LogP contribution < -0.4 is 10.2 Å². The molecule has 1 saturated heterocycles. The normalized spacial score (nSPS) is 18.2. The molecule has 2 rings (SSSR count). The molecule has 1 aliphatic heterocycles. The summed E-state index contributed by atoms with van der Waals surface area (Å²) in [6.07, 6.45) is 2.13. The van der Waals surface area contributed by atoms with Crippen molar-refractivity contribution in [1.82, 2.24) is 5.32 Å². The number of hydrogen-bond donors (Lipinski definition) is 2. The fourth-order valence-corrected chi connectivity index (χ4v) is 2.85. The molecule has 1 aromatic rings. The molecule has 0 radical (unpaired) electrons. The van der Waals surface area contributed by atoms with Gasteiger partial charge in [0.15, 0.2) is 0 Å². The van der Waals surface area contributed by atoms with Crippen LogP contribution in [0, 0.1) is 10.1 Å². The largest absolute Gasteiger partial charge is 0.395 e. The molecular weight excluding hydrogens is 282 g/mol. The van der Waals surface area contributed by atoms with Crippen LogP contribution >= 0.6 is 11.6 Å². The Morgan fingerprint density at radius 3 is 2.95 bits per heavy atom. The van der Waals surface area contributed by atoms with E-state index >= 15 is 0 Å². The molecule has 1 heterocycles. The third kappa shape index (κ3) is 3.39. The Balaban J connectivity index is 2.29. The molecule has 1 unspecified atom stereocenters. The average molecular weight is 300 g/mol. The summed E-state index contributed by atoms with van der Waals surface area (Å²) in [5, 5.41) is 24.1. The van der Waals surface area contributed by atoms with Crippen LogP contribution in [0.5, 0.6) is 0 Å². The maximum Gasteiger partial charge on any atom is 0.294 e. The Hall–Kier alpha value is -1.37. The highest BCUT2D eigenvalue weighted by molar-refractivity contribution is 6.33. The fourth-order valence-electron chi connectivity index (χ4n) is 2.56. The van der Waals surface area contributed by atoms with Gasteiger partial charge in [-0.15, -0.1) is 0 Å². The number of rotatable bonds is 6. The molecule has 0 amide bonds. The Morgan fingerprint density at radius 2 is 2.35 bits per heavy atom. The second-order valence-electron chi connectivity index (χ2n) is 4.83. The van der Waals surface area contributed by atoms with Crippen LogP contribution in [-0.4, -0.2) is 42.3 Å². The van der Waals surface area contributed by atoms with E-state index in [1.54, 1.807) is 17.0 Å². The molecule has 0 aromatic heterocycles. The third-order valence-electron chi connectivity index (χ3n) is 3.45. The van der Waals surface area contributed by atoms with Crippen molar-refractivity contribution in [3.05, 3.63) is 33.3 Å². The first kappa shape index (κ1) is 15.0. The number of benzene rings is 1. The molecule has 1 atom stereocenters. The summed E-state index contributed by atoms with van der Waals surface area (Å²) in [4.78, 5) is 12.5. The maximum atomic E-state index is 11.2. The van der Waals surface area contributed by atoms with Crippen molar-refractivity contribution in [3.8, 4) is 0 Å². The van der Waals surface area contributed by atoms with E-state index in [-0.39, 0.29) is 18.3 Å². The highest BCUT2D eigenvalue weighted by atomic mass is 35.5. The quantitative estimate of drug-likeness (QED) is 0.618. The van der Waals surface area contributed by atoms with Gasteiger partial charge in [0.05, 0.1) is 16.6 Å². The number of nitro benzene ring substituents is 1. The number of nitrogens with zero attached hydrogens (tertiary/aromatic N) is 2. The Labute approximate surface area is 122 Å². The van der Waals surface area contributed by atoms with Crippen LogP contribution in [0.25, 0.3) is 0 Å². The van der Waals surface area contributed by atoms with Gasteiger partial charge in [-0.05, 0) is 25.5 Å². The zero-order valence-electron chi connectivity index (χ0n) is 11.1. The Bertz CT molecular complexity index is 478. The monoisotopic (exact) mass is 299 g/mol. The molecule has 20 heavy (non-hydrogen) atoms. The standard InChI is InChI=1S/C13H18ClN3O3/c14-11-4-1-5-12(17(19)20)13(11)16(7-8-18)9-10-3-2-6-15-10/h1,4-5,10,15,18H,2-3,6-9H2. The van der Waals surface area contributed by atoms with Gasteiger partial charge in [0.2, 0.25) is 0 Å². The number of aliphatic hydroxyl groups excluding tert-OH is 1. The molecule has 0 aliphatic carbocycles. The van der Waals surface area contributed by atoms with Crippen LogP contribution in [0.15, 0.2) is 18.2 Å². The number of aliphatic hydroxyl groups is 1. The van der Waals surface area contributed by atoms with Crippen molar-refractivity contribution in [3.63, 3.8) is 0 Å². The van der Waals surface area contributed by atoms with E-state index in [2.05, 4.69) is 5.32 Å². The fraction of sp³-hybridized carbons (Fsp3) is 0.538. The SMILES string of the molecule is O=[N+]([O-])c1cccc(Cl)c1N(CCO)CC1CCCN1. The van der Waals surface area contributed by atoms with Gasteiger partial charge < -0.3 is 15.3 Å². The molecule has 7 heteroatoms. The van der Waals surface area contributed by atoms with E-state index < -0.39 is 4.92 Å². The minimum atomic E-state index is -0.437. The molecule has 1 aliphatic rings. The minimum absolute atomic E-state index is 0.0241. The smallest absolute Gasteiger partial charge is 0.294 e. The lowest BCUT2D eigenvalue weighted by molar-refractivity contribution is -0.384. The first-order valence-corrected chi connectivity index (χ1v) is 7.03. The van der Waals surface area contributed by atoms with E-state index in [9.17, 15) is 15.2 Å². The molecular formula is C13H18ClN3O3. The number of nitrogens with one attached hydrogen (secondary N) is 1. The predicted molar refractivity (Wildman–Crippen MR) is 78.4 cm³/mol. The second-order valence-corrected chi connectivity index (χ2v) is 5.23. The van der Waals surface area contributed by atoms with E-state index in [0.717, 1.165) is 19.4 Å². The summed E-state index contributed by atoms with van der Waals surface area (Å²) in [7, 11) is 0. The lowest BCUT2D eigenvalue weighted by atomic mass is 10.2. The molecule has 0 saturated carbocycles. The van der Waals surface area contributed by atoms with Gasteiger partial charge in [0, 0.05) is 25.2 Å². The second kappa shape index (κ2) is 6.88. The summed E-state index contributed by atoms with van der Waals surface area (Å²) in [6.45, 7) is 1.81. The predicted octanol–water partition coefficient (Wildman–Crippen LogP) is 1.80. The Morgan fingerprint density at radius 1 is 1.55 bits per heavy atom. The van der Waals surface area contributed by atoms with Gasteiger partial charge in [-0.1, -0.05) is 17.7 Å². The first-order chi connectivity index (χ1) is 9.63. The minimum Gasteiger partial charge on any atom is -0.395 e. The van der Waals surface area contributed by atoms with Crippen LogP contribution in [-0.2, 0) is 0 Å². The van der Waals surface area contributed by atoms with E-state index in [1.165, 1.54) is 6.07 Å². The van der Waals surface area contributed by atoms with Crippen molar-refractivity contribution in [2.75, 3.05) is 31.1 Å². The van der Waals surface area contributed by atoms with Gasteiger partial charge in [-0.25, -0.2) is 0 Å². The molecule has 0 spiro atoms. The van der Waals surface area contributed by atoms with Crippen molar-refractivity contribution < 1.29 is 10.0 Å². The van der Waals surface area contributed by atoms with Crippen LogP contribution in [0.4, 0.5) is 11.4 Å². The highest BCUT2D eigenvalue weighted by Gasteiger charge is 2.25. The van der Waals surface area contributed by atoms with Crippen molar-refractivity contribution in [1.29, 1.82) is 0 Å². The van der Waals surface area contributed by atoms with Crippen LogP contribution in [0.3, 0.4) is 0 Å². The van der Waals surface area contributed by atoms with E-state index in [0.29, 0.717) is 23.8 Å². The lowest BCUT2D eigenvalue weighted by Crippen LogP contribution is -2.39. The number of nitro groups is 1. The topological polar surface area (TPSA) is 78.6 Å². The van der Waals surface area contributed by atoms with Crippen molar-refractivity contribution in [2.45, 2.75) is 18.9 Å². The summed E-state index contributed by atoms with van der Waals surface area (Å²) >= 11 is 6.14. The summed E-state index contributed by atoms with van der Waals surface area (Å²) < 4.78 is 0. The zero-order chi connectivity index (χ0) is 14.5. The van der Waals surface area contributed by atoms with Crippen molar-refractivity contribution in [2.24, 2.45) is 0 Å². The number of halogens is 1. The van der Waals surface area contributed by atoms with Gasteiger partial charge >= 0.3 is 0 Å². The van der Waals surface area contributed by atoms with Gasteiger partial charge in [-0.3, -0.25) is 10.1 Å². The van der Waals surface area contributed by atoms with Gasteiger partial charge in [0.1, 0.15) is 5.69 Å². The number of para-hydroxylation sites is 1. The van der Waals surface area contributed by atoms with Gasteiger partial charge in [-0.2, -0.15) is 0 Å². The summed E-state index contributed by atoms with van der Waals surface area (Å²) in [5.74, 6) is 0. The lowest BCUT2D eigenvalue weighted by Gasteiger charge is -2.27. The van der Waals surface area contributed by atoms with Crippen LogP contribution in [0.2, 0.25) is 5.02 Å². The van der Waals surface area contributed by atoms with Crippen molar-refractivity contribution >= 4 is 23.0 Å². The maximum absolute atomic E-state index is 11.2. The van der Waals surface area contributed by atoms with E-state index in [4.69, 9.17) is 11.6 Å². The molecule has 0 bridgehead atoms. The van der Waals surface area contributed by atoms with Gasteiger partial charge in [0.25, 0.3) is 5.69 Å². The third-order valence-corrected chi connectivity index (χ3v) is 3.76. The molecule has 1 fully saturated rings. The summed E-state index contributed by atoms with van der Waals surface area (Å²) in [5.41, 5.74) is 0.367. The summed E-state index contributed by atoms with van der Waals surface area (Å²) in [6, 6.07) is 4.91. The zero-order valence-corrected chi connectivity index (χ0v) is 11.8. The molecule has 1 aromatic carbocycles. The molecule has 2 N–H and O–H groups in total. The Kier molecular flexibility index (Phi) is 5.17. The molecule has 6 nitrogen and oxygen atoms in total. The first-order valence-electron chi connectivity index (χ1n) is 6.65. The number of anilines is 1. The highest BCUT2D eigenvalue weighted by Crippen LogP contribution is 2.35. The average Bonchev–Trinajstić information content (AvgIpc) is 2.91. The van der Waals surface area contributed by atoms with Crippen LogP contribution in [0.1, 0.15) is 12.8 Å². The molecule has 110 valence electrons. The number of hydrogen-bond acceptors (Lipinski definition) is 5.